The average molecular weight is 263 g/mol. The van der Waals surface area contributed by atoms with Crippen molar-refractivity contribution in [1.82, 2.24) is 4.90 Å². The van der Waals surface area contributed by atoms with Crippen LogP contribution >= 0.6 is 0 Å². The van der Waals surface area contributed by atoms with Crippen molar-refractivity contribution in [3.63, 3.8) is 0 Å². The summed E-state index contributed by atoms with van der Waals surface area (Å²) in [6.07, 6.45) is 1.03. The molecule has 1 N–H and O–H groups in total. The molecule has 1 atom stereocenters. The number of nitrogens with one attached hydrogen (secondary N) is 1. The van der Waals surface area contributed by atoms with E-state index in [2.05, 4.69) is 5.32 Å². The Balaban J connectivity index is 2.06. The van der Waals surface area contributed by atoms with Gasteiger partial charge in [-0.3, -0.25) is 19.8 Å². The van der Waals surface area contributed by atoms with Crippen LogP contribution in [0.3, 0.4) is 0 Å². The predicted molar refractivity (Wildman–Crippen MR) is 67.7 cm³/mol. The lowest BCUT2D eigenvalue weighted by Gasteiger charge is -2.19. The van der Waals surface area contributed by atoms with Gasteiger partial charge in [0.05, 0.1) is 4.92 Å². The molecule has 19 heavy (non-hydrogen) atoms. The zero-order valence-electron chi connectivity index (χ0n) is 10.3. The molecule has 1 heterocycles. The van der Waals surface area contributed by atoms with Gasteiger partial charge in [-0.05, 0) is 25.5 Å². The van der Waals surface area contributed by atoms with Crippen LogP contribution in [-0.4, -0.2) is 27.8 Å². The molecule has 1 aliphatic heterocycles. The van der Waals surface area contributed by atoms with Crippen molar-refractivity contribution in [3.05, 3.63) is 34.4 Å². The van der Waals surface area contributed by atoms with Crippen LogP contribution in [0.2, 0.25) is 0 Å². The Kier molecular flexibility index (Phi) is 3.46. The molecule has 0 spiro atoms. The lowest BCUT2D eigenvalue weighted by atomic mass is 10.2. The van der Waals surface area contributed by atoms with Crippen LogP contribution in [-0.2, 0) is 4.79 Å². The van der Waals surface area contributed by atoms with Crippen LogP contribution in [0.4, 0.5) is 16.2 Å². The maximum absolute atomic E-state index is 11.9. The van der Waals surface area contributed by atoms with Crippen molar-refractivity contribution < 1.29 is 14.5 Å². The van der Waals surface area contributed by atoms with E-state index in [4.69, 9.17) is 0 Å². The molecule has 0 unspecified atom stereocenters. The Morgan fingerprint density at radius 2 is 2.05 bits per heavy atom. The maximum atomic E-state index is 11.9. The van der Waals surface area contributed by atoms with E-state index in [1.807, 2.05) is 0 Å². The molecule has 1 saturated heterocycles. The van der Waals surface area contributed by atoms with Gasteiger partial charge in [-0.15, -0.1) is 0 Å². The predicted octanol–water partition coefficient (Wildman–Crippen LogP) is 2.14. The molecule has 3 amide bonds. The summed E-state index contributed by atoms with van der Waals surface area (Å²) in [5.74, 6) is -0.202. The minimum Gasteiger partial charge on any atom is -0.307 e. The van der Waals surface area contributed by atoms with Gasteiger partial charge in [-0.2, -0.15) is 0 Å². The molecule has 7 nitrogen and oxygen atoms in total. The Labute approximate surface area is 109 Å². The van der Waals surface area contributed by atoms with E-state index in [1.54, 1.807) is 6.92 Å². The average Bonchev–Trinajstić information content (AvgIpc) is 2.69. The van der Waals surface area contributed by atoms with E-state index in [9.17, 15) is 19.7 Å². The molecule has 1 aromatic carbocycles. The van der Waals surface area contributed by atoms with Crippen LogP contribution in [0.5, 0.6) is 0 Å². The Morgan fingerprint density at radius 3 is 2.53 bits per heavy atom. The number of carbonyl (C=O) groups is 2. The molecule has 0 bridgehead atoms. The maximum Gasteiger partial charge on any atom is 0.328 e. The largest absolute Gasteiger partial charge is 0.328 e. The minimum atomic E-state index is -0.516. The first kappa shape index (κ1) is 13.0. The number of rotatable bonds is 2. The second kappa shape index (κ2) is 5.05. The highest BCUT2D eigenvalue weighted by atomic mass is 16.6. The number of benzene rings is 1. The highest BCUT2D eigenvalue weighted by Gasteiger charge is 2.32. The van der Waals surface area contributed by atoms with Crippen molar-refractivity contribution in [3.8, 4) is 0 Å². The molecule has 1 aromatic rings. The Morgan fingerprint density at radius 1 is 1.42 bits per heavy atom. The van der Waals surface area contributed by atoms with Gasteiger partial charge >= 0.3 is 6.03 Å². The number of nitro groups is 1. The number of anilines is 1. The van der Waals surface area contributed by atoms with Crippen molar-refractivity contribution in [2.75, 3.05) is 5.32 Å². The summed E-state index contributed by atoms with van der Waals surface area (Å²) in [6.45, 7) is 1.81. The zero-order valence-corrected chi connectivity index (χ0v) is 10.3. The van der Waals surface area contributed by atoms with Gasteiger partial charge in [-0.1, -0.05) is 0 Å². The summed E-state index contributed by atoms with van der Waals surface area (Å²) >= 11 is 0. The number of non-ortho nitro benzene ring substituents is 1. The van der Waals surface area contributed by atoms with Crippen LogP contribution in [0.1, 0.15) is 19.8 Å². The topological polar surface area (TPSA) is 92.6 Å². The minimum absolute atomic E-state index is 0.0522. The fourth-order valence-corrected chi connectivity index (χ4v) is 1.99. The first-order chi connectivity index (χ1) is 8.99. The van der Waals surface area contributed by atoms with E-state index in [0.717, 1.165) is 0 Å². The number of urea groups is 1. The number of nitrogens with zero attached hydrogens (tertiary/aromatic N) is 2. The fourth-order valence-electron chi connectivity index (χ4n) is 1.99. The Bertz CT molecular complexity index is 526. The van der Waals surface area contributed by atoms with E-state index < -0.39 is 11.0 Å². The third-order valence-electron chi connectivity index (χ3n) is 3.03. The van der Waals surface area contributed by atoms with Gasteiger partial charge < -0.3 is 5.32 Å². The third-order valence-corrected chi connectivity index (χ3v) is 3.03. The van der Waals surface area contributed by atoms with Gasteiger partial charge in [0.25, 0.3) is 5.69 Å². The molecule has 2 rings (SSSR count). The van der Waals surface area contributed by atoms with Crippen LogP contribution in [0.25, 0.3) is 0 Å². The fraction of sp³-hybridized carbons (Fsp3) is 0.333. The second-order valence-electron chi connectivity index (χ2n) is 4.39. The van der Waals surface area contributed by atoms with Crippen molar-refractivity contribution in [2.45, 2.75) is 25.8 Å². The van der Waals surface area contributed by atoms with Gasteiger partial charge in [0.1, 0.15) is 0 Å². The number of likely N-dealkylation sites (tertiary alicyclic amines) is 1. The van der Waals surface area contributed by atoms with Gasteiger partial charge in [0, 0.05) is 30.3 Å². The van der Waals surface area contributed by atoms with Crippen molar-refractivity contribution >= 4 is 23.3 Å². The summed E-state index contributed by atoms with van der Waals surface area (Å²) in [5.41, 5.74) is 0.367. The van der Waals surface area contributed by atoms with Gasteiger partial charge in [0.2, 0.25) is 5.91 Å². The summed E-state index contributed by atoms with van der Waals surface area (Å²) in [5, 5.41) is 13.0. The number of imide groups is 1. The van der Waals surface area contributed by atoms with Crippen LogP contribution in [0.15, 0.2) is 24.3 Å². The molecule has 0 radical (unpaired) electrons. The highest BCUT2D eigenvalue weighted by Crippen LogP contribution is 2.20. The molecule has 0 saturated carbocycles. The van der Waals surface area contributed by atoms with E-state index in [-0.39, 0.29) is 17.6 Å². The number of hydrogen-bond acceptors (Lipinski definition) is 4. The molecule has 0 aromatic heterocycles. The number of hydrogen-bond donors (Lipinski definition) is 1. The molecule has 7 heteroatoms. The van der Waals surface area contributed by atoms with Crippen LogP contribution in [0, 0.1) is 10.1 Å². The van der Waals surface area contributed by atoms with E-state index in [0.29, 0.717) is 18.5 Å². The Hall–Kier alpha value is -2.44. The molecular weight excluding hydrogens is 250 g/mol. The summed E-state index contributed by atoms with van der Waals surface area (Å²) in [7, 11) is 0. The first-order valence-corrected chi connectivity index (χ1v) is 5.86. The monoisotopic (exact) mass is 263 g/mol. The quantitative estimate of drug-likeness (QED) is 0.653. The highest BCUT2D eigenvalue weighted by molar-refractivity contribution is 6.02. The lowest BCUT2D eigenvalue weighted by molar-refractivity contribution is -0.384. The van der Waals surface area contributed by atoms with Crippen LogP contribution < -0.4 is 5.32 Å². The number of amides is 3. The summed E-state index contributed by atoms with van der Waals surface area (Å²) in [4.78, 5) is 34.6. The van der Waals surface area contributed by atoms with Gasteiger partial charge in [-0.25, -0.2) is 4.79 Å². The van der Waals surface area contributed by atoms with Crippen molar-refractivity contribution in [2.24, 2.45) is 0 Å². The molecule has 0 aliphatic carbocycles. The third kappa shape index (κ3) is 2.70. The summed E-state index contributed by atoms with van der Waals surface area (Å²) in [6, 6.07) is 4.84. The van der Waals surface area contributed by atoms with Crippen molar-refractivity contribution in [1.29, 1.82) is 0 Å². The first-order valence-electron chi connectivity index (χ1n) is 5.86. The zero-order chi connectivity index (χ0) is 14.0. The standard InChI is InChI=1S/C12H13N3O4/c1-8-2-7-11(16)14(8)12(17)13-9-3-5-10(6-4-9)15(18)19/h3-6,8H,2,7H2,1H3,(H,13,17)/t8-/m1/s1. The van der Waals surface area contributed by atoms with Gasteiger partial charge in [0.15, 0.2) is 0 Å². The number of carbonyl (C=O) groups excluding carboxylic acids is 2. The van der Waals surface area contributed by atoms with E-state index in [1.165, 1.54) is 29.2 Å². The molecule has 1 fully saturated rings. The summed E-state index contributed by atoms with van der Waals surface area (Å²) < 4.78 is 0. The molecular formula is C12H13N3O4. The smallest absolute Gasteiger partial charge is 0.307 e. The number of nitro benzene ring substituents is 1. The molecule has 100 valence electrons. The SMILES string of the molecule is C[C@@H]1CCC(=O)N1C(=O)Nc1ccc([N+](=O)[O-])cc1. The lowest BCUT2D eigenvalue weighted by Crippen LogP contribution is -2.40. The molecule has 1 aliphatic rings. The second-order valence-corrected chi connectivity index (χ2v) is 4.39. The van der Waals surface area contributed by atoms with E-state index >= 15 is 0 Å². The normalized spacial score (nSPS) is 18.5.